The van der Waals surface area contributed by atoms with Crippen molar-refractivity contribution < 1.29 is 5.11 Å². The Morgan fingerprint density at radius 3 is 3.00 bits per heavy atom. The van der Waals surface area contributed by atoms with E-state index in [-0.39, 0.29) is 6.10 Å². The average Bonchev–Trinajstić information content (AvgIpc) is 2.96. The number of aliphatic hydroxyl groups excluding tert-OH is 1. The van der Waals surface area contributed by atoms with E-state index in [1.807, 2.05) is 12.5 Å². The molecule has 0 spiro atoms. The minimum absolute atomic E-state index is 0.320. The fourth-order valence-electron chi connectivity index (χ4n) is 1.97. The second-order valence-electron chi connectivity index (χ2n) is 4.47. The molecule has 1 atom stereocenters. The molecule has 84 valence electrons. The first-order valence-corrected chi connectivity index (χ1v) is 6.02. The lowest BCUT2D eigenvalue weighted by atomic mass is 10.1. The molecule has 1 unspecified atom stereocenters. The van der Waals surface area contributed by atoms with Crippen LogP contribution < -0.4 is 0 Å². The highest BCUT2D eigenvalue weighted by Crippen LogP contribution is 2.37. The van der Waals surface area contributed by atoms with Gasteiger partial charge in [0.2, 0.25) is 0 Å². The van der Waals surface area contributed by atoms with Gasteiger partial charge in [-0.1, -0.05) is 26.2 Å². The van der Waals surface area contributed by atoms with E-state index in [1.165, 1.54) is 25.7 Å². The van der Waals surface area contributed by atoms with Crippen molar-refractivity contribution in [2.45, 2.75) is 57.6 Å². The molecule has 1 fully saturated rings. The van der Waals surface area contributed by atoms with Crippen LogP contribution in [-0.2, 0) is 0 Å². The van der Waals surface area contributed by atoms with E-state index in [0.29, 0.717) is 6.04 Å². The van der Waals surface area contributed by atoms with Crippen molar-refractivity contribution in [2.75, 3.05) is 0 Å². The molecule has 0 amide bonds. The Hall–Kier alpha value is -0.830. The Morgan fingerprint density at radius 2 is 2.33 bits per heavy atom. The highest BCUT2D eigenvalue weighted by Gasteiger charge is 2.27. The van der Waals surface area contributed by atoms with Crippen molar-refractivity contribution in [2.24, 2.45) is 0 Å². The molecule has 3 nitrogen and oxygen atoms in total. The van der Waals surface area contributed by atoms with Crippen LogP contribution in [0, 0.1) is 0 Å². The molecular formula is C12H20N2O. The van der Waals surface area contributed by atoms with Gasteiger partial charge in [-0.15, -0.1) is 0 Å². The fourth-order valence-corrected chi connectivity index (χ4v) is 1.97. The monoisotopic (exact) mass is 208 g/mol. The van der Waals surface area contributed by atoms with Crippen molar-refractivity contribution in [3.63, 3.8) is 0 Å². The first-order valence-electron chi connectivity index (χ1n) is 6.02. The Morgan fingerprint density at radius 1 is 1.53 bits per heavy atom. The normalized spacial score (nSPS) is 18.0. The molecular weight excluding hydrogens is 188 g/mol. The Kier molecular flexibility index (Phi) is 3.41. The molecule has 1 heterocycles. The number of hydrogen-bond donors (Lipinski definition) is 1. The molecule has 0 radical (unpaired) electrons. The first kappa shape index (κ1) is 10.7. The summed E-state index contributed by atoms with van der Waals surface area (Å²) in [4.78, 5) is 4.14. The van der Waals surface area contributed by atoms with E-state index in [9.17, 15) is 5.11 Å². The summed E-state index contributed by atoms with van der Waals surface area (Å²) in [5, 5.41) is 10.0. The third kappa shape index (κ3) is 2.59. The topological polar surface area (TPSA) is 38.1 Å². The van der Waals surface area contributed by atoms with Crippen LogP contribution in [0.2, 0.25) is 0 Å². The van der Waals surface area contributed by atoms with Gasteiger partial charge in [0.05, 0.1) is 24.3 Å². The molecule has 2 rings (SSSR count). The van der Waals surface area contributed by atoms with Crippen molar-refractivity contribution in [3.05, 3.63) is 18.2 Å². The van der Waals surface area contributed by atoms with Crippen LogP contribution in [0.3, 0.4) is 0 Å². The van der Waals surface area contributed by atoms with Crippen LogP contribution >= 0.6 is 0 Å². The van der Waals surface area contributed by atoms with E-state index in [2.05, 4.69) is 16.5 Å². The largest absolute Gasteiger partial charge is 0.387 e. The van der Waals surface area contributed by atoms with Crippen LogP contribution in [0.5, 0.6) is 0 Å². The van der Waals surface area contributed by atoms with E-state index < -0.39 is 0 Å². The highest BCUT2D eigenvalue weighted by molar-refractivity contribution is 5.06. The van der Waals surface area contributed by atoms with E-state index in [1.54, 1.807) is 0 Å². The van der Waals surface area contributed by atoms with Crippen molar-refractivity contribution >= 4 is 0 Å². The molecule has 1 aliphatic carbocycles. The van der Waals surface area contributed by atoms with Gasteiger partial charge in [-0.05, 0) is 19.3 Å². The molecule has 0 aliphatic heterocycles. The number of aliphatic hydroxyl groups is 1. The van der Waals surface area contributed by atoms with Crippen LogP contribution in [0.4, 0.5) is 0 Å². The molecule has 1 aliphatic rings. The zero-order chi connectivity index (χ0) is 10.7. The summed E-state index contributed by atoms with van der Waals surface area (Å²) in [6.45, 7) is 2.18. The minimum atomic E-state index is -0.320. The van der Waals surface area contributed by atoms with Gasteiger partial charge in [-0.3, -0.25) is 0 Å². The standard InChI is InChI=1S/C12H20N2O/c1-2-3-4-5-12(15)11-8-13-9-14(11)10-6-7-10/h8-10,12,15H,2-7H2,1H3. The van der Waals surface area contributed by atoms with E-state index in [4.69, 9.17) is 0 Å². The Bertz CT molecular complexity index is 304. The highest BCUT2D eigenvalue weighted by atomic mass is 16.3. The van der Waals surface area contributed by atoms with Gasteiger partial charge in [0.1, 0.15) is 0 Å². The lowest BCUT2D eigenvalue weighted by molar-refractivity contribution is 0.154. The van der Waals surface area contributed by atoms with Crippen molar-refractivity contribution in [1.82, 2.24) is 9.55 Å². The van der Waals surface area contributed by atoms with Crippen molar-refractivity contribution in [1.29, 1.82) is 0 Å². The van der Waals surface area contributed by atoms with Crippen molar-refractivity contribution in [3.8, 4) is 0 Å². The molecule has 1 N–H and O–H groups in total. The molecule has 1 aromatic rings. The number of hydrogen-bond acceptors (Lipinski definition) is 2. The maximum absolute atomic E-state index is 10.0. The van der Waals surface area contributed by atoms with Gasteiger partial charge >= 0.3 is 0 Å². The predicted octanol–water partition coefficient (Wildman–Crippen LogP) is 2.83. The van der Waals surface area contributed by atoms with Gasteiger partial charge < -0.3 is 9.67 Å². The molecule has 0 aromatic carbocycles. The summed E-state index contributed by atoms with van der Waals surface area (Å²) in [5.41, 5.74) is 1.01. The fraction of sp³-hybridized carbons (Fsp3) is 0.750. The lowest BCUT2D eigenvalue weighted by Gasteiger charge is -2.12. The molecule has 0 bridgehead atoms. The Balaban J connectivity index is 1.92. The molecule has 1 aromatic heterocycles. The SMILES string of the molecule is CCCCCC(O)c1cncn1C1CC1. The summed E-state index contributed by atoms with van der Waals surface area (Å²) < 4.78 is 2.15. The smallest absolute Gasteiger partial charge is 0.0955 e. The second-order valence-corrected chi connectivity index (χ2v) is 4.47. The van der Waals surface area contributed by atoms with Gasteiger partial charge in [0.25, 0.3) is 0 Å². The van der Waals surface area contributed by atoms with Gasteiger partial charge in [0.15, 0.2) is 0 Å². The van der Waals surface area contributed by atoms with Crippen LogP contribution in [0.15, 0.2) is 12.5 Å². The van der Waals surface area contributed by atoms with Crippen LogP contribution in [0.25, 0.3) is 0 Å². The third-order valence-electron chi connectivity index (χ3n) is 3.06. The molecule has 3 heteroatoms. The Labute approximate surface area is 91.1 Å². The summed E-state index contributed by atoms with van der Waals surface area (Å²) in [6, 6.07) is 0.614. The van der Waals surface area contributed by atoms with Gasteiger partial charge in [-0.2, -0.15) is 0 Å². The van der Waals surface area contributed by atoms with E-state index in [0.717, 1.165) is 18.5 Å². The minimum Gasteiger partial charge on any atom is -0.387 e. The number of aromatic nitrogens is 2. The summed E-state index contributed by atoms with van der Waals surface area (Å²) in [6.07, 6.45) is 10.2. The maximum Gasteiger partial charge on any atom is 0.0955 e. The van der Waals surface area contributed by atoms with Gasteiger partial charge in [0, 0.05) is 6.04 Å². The zero-order valence-electron chi connectivity index (χ0n) is 9.39. The maximum atomic E-state index is 10.0. The lowest BCUT2D eigenvalue weighted by Crippen LogP contribution is -2.05. The van der Waals surface area contributed by atoms with Crippen LogP contribution in [-0.4, -0.2) is 14.7 Å². The third-order valence-corrected chi connectivity index (χ3v) is 3.06. The number of rotatable bonds is 6. The number of nitrogens with zero attached hydrogens (tertiary/aromatic N) is 2. The predicted molar refractivity (Wildman–Crippen MR) is 59.6 cm³/mol. The molecule has 15 heavy (non-hydrogen) atoms. The molecule has 1 saturated carbocycles. The summed E-state index contributed by atoms with van der Waals surface area (Å²) in [5.74, 6) is 0. The second kappa shape index (κ2) is 4.79. The zero-order valence-corrected chi connectivity index (χ0v) is 9.39. The number of imidazole rings is 1. The molecule has 0 saturated heterocycles. The van der Waals surface area contributed by atoms with E-state index >= 15 is 0 Å². The summed E-state index contributed by atoms with van der Waals surface area (Å²) >= 11 is 0. The quantitative estimate of drug-likeness (QED) is 0.730. The first-order chi connectivity index (χ1) is 7.33. The summed E-state index contributed by atoms with van der Waals surface area (Å²) in [7, 11) is 0. The number of unbranched alkanes of at least 4 members (excludes halogenated alkanes) is 2. The average molecular weight is 208 g/mol. The van der Waals surface area contributed by atoms with Crippen LogP contribution in [0.1, 0.15) is 63.3 Å². The van der Waals surface area contributed by atoms with Gasteiger partial charge in [-0.25, -0.2) is 4.98 Å².